The molecule has 5 heterocycles. The minimum atomic E-state index is -4.88. The molecule has 28 heteroatoms. The predicted octanol–water partition coefficient (Wildman–Crippen LogP) is -1.01. The summed E-state index contributed by atoms with van der Waals surface area (Å²) in [5, 5.41) is 135. The summed E-state index contributed by atoms with van der Waals surface area (Å²) in [5.41, 5.74) is 0.393. The van der Waals surface area contributed by atoms with Crippen LogP contribution in [0.25, 0.3) is 0 Å². The molecule has 86 heavy (non-hydrogen) atoms. The first kappa shape index (κ1) is 68.8. The standard InChI is InChI=1S/C58H96O27S/c1-10-34-39(63)43(67)50(83-52-44(68)41(65)37(61)24(5)75-52)56(78-34)81-48-26(7)77-55(51(46(48)70)84-53-45(69)42(66)38(62)25(6)76-53)82-49-40(64)36(21-59)80-54(47(49)71)79-35-20-29-31-12-11-30(23(4)18-27(60)17-22(2)3)57(31,8)16-14-32(29)58(9)15-13-28(19-33(35)58)85-86(72,73)74/h14,22-26,28-31,33-56,59,61-71H,10-13,15-21H2,1-9H3,(H,72,73,74). The number of carbonyl (C=O) groups excluding carboxylic acids is 1. The second kappa shape index (κ2) is 27.2. The maximum absolute atomic E-state index is 13.2. The van der Waals surface area contributed by atoms with Gasteiger partial charge in [-0.3, -0.25) is 9.35 Å². The van der Waals surface area contributed by atoms with E-state index in [4.69, 9.17) is 51.6 Å². The van der Waals surface area contributed by atoms with Crippen LogP contribution in [0.3, 0.4) is 0 Å². The Kier molecular flexibility index (Phi) is 21.7. The van der Waals surface area contributed by atoms with Crippen LogP contribution in [0.5, 0.6) is 0 Å². The Balaban J connectivity index is 1.00. The normalized spacial score (nSPS) is 51.3. The lowest BCUT2D eigenvalue weighted by Crippen LogP contribution is -2.68. The summed E-state index contributed by atoms with van der Waals surface area (Å²) in [6.07, 6.45) is -36.6. The number of aliphatic hydroxyl groups is 12. The summed E-state index contributed by atoms with van der Waals surface area (Å²) in [6.45, 7) is 15.6. The molecule has 34 atom stereocenters. The van der Waals surface area contributed by atoms with Crippen molar-refractivity contribution in [3.8, 4) is 0 Å². The molecule has 3 saturated carbocycles. The maximum atomic E-state index is 13.2. The van der Waals surface area contributed by atoms with E-state index in [2.05, 4.69) is 26.8 Å². The molecule has 0 radical (unpaired) electrons. The van der Waals surface area contributed by atoms with Crippen LogP contribution in [0, 0.1) is 46.3 Å². The molecule has 0 aromatic rings. The molecular formula is C58H96O27S. The van der Waals surface area contributed by atoms with E-state index < -0.39 is 194 Å². The third-order valence-electron chi connectivity index (χ3n) is 20.9. The number of ketones is 1. The summed E-state index contributed by atoms with van der Waals surface area (Å²) in [4.78, 5) is 13.2. The quantitative estimate of drug-likeness (QED) is 0.0544. The van der Waals surface area contributed by atoms with Crippen LogP contribution in [0.1, 0.15) is 127 Å². The van der Waals surface area contributed by atoms with Crippen molar-refractivity contribution >= 4 is 16.2 Å². The number of hydrogen-bond donors (Lipinski definition) is 13. The topological polar surface area (TPSA) is 416 Å². The molecule has 5 saturated heterocycles. The van der Waals surface area contributed by atoms with Crippen molar-refractivity contribution in [2.24, 2.45) is 46.3 Å². The SMILES string of the molecule is CCC1OC(OC2C(C)OC(OC3C(O)C(CO)OC(OC4CC5C(=CCC6(C)C(C(C)CC(=O)CC(C)C)CCC56)C5(C)CCC(OS(=O)(=O)O)CC45)C3O)C(OC3OC(C)C(O)C(O)C3O)C2O)C(OC2OC(C)C(O)C(O)C2O)C(O)C1O. The van der Waals surface area contributed by atoms with Gasteiger partial charge in [-0.15, -0.1) is 0 Å². The predicted molar refractivity (Wildman–Crippen MR) is 293 cm³/mol. The lowest BCUT2D eigenvalue weighted by molar-refractivity contribution is -0.407. The van der Waals surface area contributed by atoms with Crippen LogP contribution in [0.4, 0.5) is 0 Å². The fraction of sp³-hybridized carbons (Fsp3) is 0.948. The molecule has 0 spiro atoms. The van der Waals surface area contributed by atoms with E-state index in [0.717, 1.165) is 19.3 Å². The van der Waals surface area contributed by atoms with Gasteiger partial charge >= 0.3 is 10.4 Å². The molecule has 9 aliphatic rings. The van der Waals surface area contributed by atoms with Crippen molar-refractivity contribution in [2.75, 3.05) is 6.61 Å². The van der Waals surface area contributed by atoms with Gasteiger partial charge in [-0.1, -0.05) is 53.2 Å². The van der Waals surface area contributed by atoms with Crippen molar-refractivity contribution in [2.45, 2.75) is 292 Å². The fourth-order valence-corrected chi connectivity index (χ4v) is 16.8. The number of Topliss-reactive ketones (excluding diaryl/α,β-unsaturated/α-hetero) is 1. The molecule has 9 rings (SSSR count). The fourth-order valence-electron chi connectivity index (χ4n) is 16.2. The van der Waals surface area contributed by atoms with Crippen molar-refractivity contribution in [3.63, 3.8) is 0 Å². The van der Waals surface area contributed by atoms with Gasteiger partial charge in [0, 0.05) is 12.8 Å². The zero-order valence-electron chi connectivity index (χ0n) is 50.3. The van der Waals surface area contributed by atoms with Crippen molar-refractivity contribution in [1.82, 2.24) is 0 Å². The van der Waals surface area contributed by atoms with Crippen LogP contribution in [-0.4, -0.2) is 252 Å². The first-order valence-corrected chi connectivity index (χ1v) is 32.2. The average Bonchev–Trinajstić information content (AvgIpc) is 1.27. The molecular weight excluding hydrogens is 1160 g/mol. The first-order chi connectivity index (χ1) is 40.3. The Bertz CT molecular complexity index is 2420. The minimum absolute atomic E-state index is 0.0687. The molecule has 4 aliphatic carbocycles. The summed E-state index contributed by atoms with van der Waals surface area (Å²) >= 11 is 0. The van der Waals surface area contributed by atoms with Crippen LogP contribution >= 0.6 is 0 Å². The lowest BCUT2D eigenvalue weighted by atomic mass is 9.47. The molecule has 0 amide bonds. The van der Waals surface area contributed by atoms with Gasteiger partial charge in [-0.05, 0) is 118 Å². The zero-order valence-corrected chi connectivity index (χ0v) is 51.2. The molecule has 0 bridgehead atoms. The molecule has 27 nitrogen and oxygen atoms in total. The Morgan fingerprint density at radius 1 is 0.593 bits per heavy atom. The van der Waals surface area contributed by atoms with Gasteiger partial charge in [0.2, 0.25) is 0 Å². The maximum Gasteiger partial charge on any atom is 0.397 e. The highest BCUT2D eigenvalue weighted by Crippen LogP contribution is 2.67. The number of ether oxygens (including phenoxy) is 10. The van der Waals surface area contributed by atoms with E-state index in [1.807, 2.05) is 13.8 Å². The Morgan fingerprint density at radius 2 is 1.14 bits per heavy atom. The highest BCUT2D eigenvalue weighted by molar-refractivity contribution is 7.80. The number of allylic oxidation sites excluding steroid dienone is 2. The Hall–Kier alpha value is -1.60. The van der Waals surface area contributed by atoms with Crippen LogP contribution in [0.2, 0.25) is 0 Å². The molecule has 5 aliphatic heterocycles. The number of hydrogen-bond acceptors (Lipinski definition) is 26. The third kappa shape index (κ3) is 13.6. The molecule has 496 valence electrons. The van der Waals surface area contributed by atoms with E-state index in [1.54, 1.807) is 6.92 Å². The second-order valence-corrected chi connectivity index (χ2v) is 28.1. The molecule has 34 unspecified atom stereocenters. The number of aliphatic hydroxyl groups excluding tert-OH is 12. The van der Waals surface area contributed by atoms with Gasteiger partial charge in [0.15, 0.2) is 31.5 Å². The van der Waals surface area contributed by atoms with E-state index in [9.17, 15) is 79.0 Å². The average molecular weight is 1260 g/mol. The van der Waals surface area contributed by atoms with Gasteiger partial charge in [0.25, 0.3) is 0 Å². The second-order valence-electron chi connectivity index (χ2n) is 27.0. The molecule has 0 aromatic heterocycles. The van der Waals surface area contributed by atoms with Gasteiger partial charge in [0.1, 0.15) is 103 Å². The molecule has 13 N–H and O–H groups in total. The van der Waals surface area contributed by atoms with Crippen LogP contribution in [0.15, 0.2) is 11.6 Å². The lowest BCUT2D eigenvalue weighted by Gasteiger charge is -2.59. The molecule has 0 aromatic carbocycles. The van der Waals surface area contributed by atoms with E-state index in [-0.39, 0.29) is 60.1 Å². The largest absolute Gasteiger partial charge is 0.397 e. The van der Waals surface area contributed by atoms with Gasteiger partial charge in [-0.25, -0.2) is 4.18 Å². The highest BCUT2D eigenvalue weighted by Gasteiger charge is 2.63. The van der Waals surface area contributed by atoms with Gasteiger partial charge in [-0.2, -0.15) is 8.42 Å². The summed E-state index contributed by atoms with van der Waals surface area (Å²) in [5.74, 6) is 0.407. The van der Waals surface area contributed by atoms with Gasteiger partial charge < -0.3 is 109 Å². The monoisotopic (exact) mass is 1260 g/mol. The third-order valence-corrected chi connectivity index (χ3v) is 21.4. The number of carbonyl (C=O) groups is 1. The van der Waals surface area contributed by atoms with Crippen LogP contribution < -0.4 is 0 Å². The van der Waals surface area contributed by atoms with E-state index in [1.165, 1.54) is 26.3 Å². The van der Waals surface area contributed by atoms with E-state index in [0.29, 0.717) is 25.7 Å². The van der Waals surface area contributed by atoms with Crippen molar-refractivity contribution < 1.29 is 131 Å². The summed E-state index contributed by atoms with van der Waals surface area (Å²) in [6, 6.07) is 0. The van der Waals surface area contributed by atoms with Crippen molar-refractivity contribution in [3.05, 3.63) is 11.6 Å². The minimum Gasteiger partial charge on any atom is -0.394 e. The Labute approximate surface area is 502 Å². The smallest absolute Gasteiger partial charge is 0.394 e. The number of rotatable bonds is 19. The van der Waals surface area contributed by atoms with Crippen molar-refractivity contribution in [1.29, 1.82) is 0 Å². The summed E-state index contributed by atoms with van der Waals surface area (Å²) < 4.78 is 102. The number of fused-ring (bicyclic) bond motifs is 5. The highest BCUT2D eigenvalue weighted by atomic mass is 32.3. The summed E-state index contributed by atoms with van der Waals surface area (Å²) in [7, 11) is -4.88. The van der Waals surface area contributed by atoms with E-state index >= 15 is 0 Å². The zero-order chi connectivity index (χ0) is 63.0. The van der Waals surface area contributed by atoms with Crippen LogP contribution in [-0.2, 0) is 66.7 Å². The Morgan fingerprint density at radius 3 is 1.72 bits per heavy atom. The first-order valence-electron chi connectivity index (χ1n) is 30.8. The molecule has 8 fully saturated rings. The van der Waals surface area contributed by atoms with Gasteiger partial charge in [0.05, 0.1) is 43.2 Å².